The summed E-state index contributed by atoms with van der Waals surface area (Å²) in [5.41, 5.74) is -0.124. The standard InChI is InChI=1S/C15H15Cl2N3O2/c1-15(2,3)22-14(21)20(11-6-4-5-10(16)7-11)13-8-12(17)18-9-19-13/h4-9H,1-3H3. The van der Waals surface area contributed by atoms with Gasteiger partial charge in [0.1, 0.15) is 22.9 Å². The lowest BCUT2D eigenvalue weighted by Gasteiger charge is -2.26. The van der Waals surface area contributed by atoms with Crippen LogP contribution in [0.25, 0.3) is 0 Å². The van der Waals surface area contributed by atoms with E-state index in [-0.39, 0.29) is 5.15 Å². The minimum absolute atomic E-state index is 0.223. The van der Waals surface area contributed by atoms with Crippen LogP contribution in [0.15, 0.2) is 36.7 Å². The number of anilines is 2. The van der Waals surface area contributed by atoms with Gasteiger partial charge in [-0.05, 0) is 39.0 Å². The molecule has 116 valence electrons. The van der Waals surface area contributed by atoms with Crippen LogP contribution < -0.4 is 4.90 Å². The first-order valence-corrected chi connectivity index (χ1v) is 7.28. The predicted molar refractivity (Wildman–Crippen MR) is 86.9 cm³/mol. The Morgan fingerprint density at radius 2 is 1.91 bits per heavy atom. The number of halogens is 2. The second-order valence-corrected chi connectivity index (χ2v) is 6.32. The van der Waals surface area contributed by atoms with Gasteiger partial charge in [-0.15, -0.1) is 0 Å². The van der Waals surface area contributed by atoms with E-state index in [2.05, 4.69) is 9.97 Å². The number of benzene rings is 1. The molecule has 0 unspecified atom stereocenters. The summed E-state index contributed by atoms with van der Waals surface area (Å²) in [5.74, 6) is 0.302. The average Bonchev–Trinajstić information content (AvgIpc) is 2.37. The number of carbonyl (C=O) groups is 1. The van der Waals surface area contributed by atoms with E-state index >= 15 is 0 Å². The summed E-state index contributed by atoms with van der Waals surface area (Å²) in [4.78, 5) is 21.7. The van der Waals surface area contributed by atoms with Crippen LogP contribution in [0.2, 0.25) is 10.2 Å². The highest BCUT2D eigenvalue weighted by Gasteiger charge is 2.26. The molecule has 7 heteroatoms. The van der Waals surface area contributed by atoms with Crippen LogP contribution in [0.3, 0.4) is 0 Å². The molecule has 0 fully saturated rings. The molecule has 5 nitrogen and oxygen atoms in total. The van der Waals surface area contributed by atoms with E-state index in [1.807, 2.05) is 0 Å². The SMILES string of the molecule is CC(C)(C)OC(=O)N(c1cccc(Cl)c1)c1cc(Cl)ncn1. The molecule has 1 amide bonds. The van der Waals surface area contributed by atoms with E-state index in [1.54, 1.807) is 45.0 Å². The number of hydrogen-bond donors (Lipinski definition) is 0. The molecule has 0 radical (unpaired) electrons. The van der Waals surface area contributed by atoms with Gasteiger partial charge in [-0.1, -0.05) is 29.3 Å². The van der Waals surface area contributed by atoms with Gasteiger partial charge >= 0.3 is 6.09 Å². The van der Waals surface area contributed by atoms with Gasteiger partial charge in [0.15, 0.2) is 0 Å². The largest absolute Gasteiger partial charge is 0.443 e. The Kier molecular flexibility index (Phi) is 4.88. The molecule has 0 aliphatic heterocycles. The van der Waals surface area contributed by atoms with Crippen LogP contribution in [0.5, 0.6) is 0 Å². The van der Waals surface area contributed by atoms with Crippen LogP contribution in [-0.4, -0.2) is 21.7 Å². The van der Waals surface area contributed by atoms with Gasteiger partial charge in [-0.3, -0.25) is 0 Å². The summed E-state index contributed by atoms with van der Waals surface area (Å²) in [6.45, 7) is 5.36. The summed E-state index contributed by atoms with van der Waals surface area (Å²) < 4.78 is 5.43. The Morgan fingerprint density at radius 1 is 1.18 bits per heavy atom. The molecule has 1 heterocycles. The molecule has 2 rings (SSSR count). The normalized spacial score (nSPS) is 11.1. The molecular weight excluding hydrogens is 325 g/mol. The Balaban J connectivity index is 2.47. The van der Waals surface area contributed by atoms with Crippen molar-refractivity contribution >= 4 is 40.8 Å². The topological polar surface area (TPSA) is 55.3 Å². The van der Waals surface area contributed by atoms with Crippen molar-refractivity contribution in [1.29, 1.82) is 0 Å². The second-order valence-electron chi connectivity index (χ2n) is 5.49. The second kappa shape index (κ2) is 6.50. The van der Waals surface area contributed by atoms with Gasteiger partial charge in [0.25, 0.3) is 0 Å². The highest BCUT2D eigenvalue weighted by molar-refractivity contribution is 6.31. The maximum absolute atomic E-state index is 12.5. The van der Waals surface area contributed by atoms with Crippen molar-refractivity contribution in [2.75, 3.05) is 4.90 Å². The molecule has 22 heavy (non-hydrogen) atoms. The molecule has 0 saturated heterocycles. The van der Waals surface area contributed by atoms with Crippen molar-refractivity contribution in [3.8, 4) is 0 Å². The first-order valence-electron chi connectivity index (χ1n) is 6.52. The maximum atomic E-state index is 12.5. The average molecular weight is 340 g/mol. The van der Waals surface area contributed by atoms with Gasteiger partial charge in [-0.25, -0.2) is 19.7 Å². The lowest BCUT2D eigenvalue weighted by molar-refractivity contribution is 0.0598. The third-order valence-electron chi connectivity index (χ3n) is 2.49. The van der Waals surface area contributed by atoms with Crippen molar-refractivity contribution in [1.82, 2.24) is 9.97 Å². The van der Waals surface area contributed by atoms with Crippen molar-refractivity contribution in [3.05, 3.63) is 46.8 Å². The fourth-order valence-electron chi connectivity index (χ4n) is 1.70. The molecule has 1 aromatic heterocycles. The Morgan fingerprint density at radius 3 is 2.50 bits per heavy atom. The summed E-state index contributed by atoms with van der Waals surface area (Å²) in [6, 6.07) is 8.29. The highest BCUT2D eigenvalue weighted by atomic mass is 35.5. The monoisotopic (exact) mass is 339 g/mol. The number of aromatic nitrogens is 2. The van der Waals surface area contributed by atoms with Crippen LogP contribution in [0.4, 0.5) is 16.3 Å². The van der Waals surface area contributed by atoms with Crippen LogP contribution in [0, 0.1) is 0 Å². The zero-order valence-electron chi connectivity index (χ0n) is 12.4. The minimum Gasteiger partial charge on any atom is -0.443 e. The summed E-state index contributed by atoms with van der Waals surface area (Å²) >= 11 is 11.9. The van der Waals surface area contributed by atoms with Gasteiger partial charge in [0.05, 0.1) is 5.69 Å². The van der Waals surface area contributed by atoms with Gasteiger partial charge in [0.2, 0.25) is 0 Å². The molecule has 0 spiro atoms. The first kappa shape index (κ1) is 16.5. The zero-order chi connectivity index (χ0) is 16.3. The molecule has 0 saturated carbocycles. The van der Waals surface area contributed by atoms with Crippen LogP contribution in [-0.2, 0) is 4.74 Å². The lowest BCUT2D eigenvalue weighted by atomic mass is 10.2. The molecule has 0 bridgehead atoms. The van der Waals surface area contributed by atoms with E-state index in [0.29, 0.717) is 16.5 Å². The number of rotatable bonds is 2. The fraction of sp³-hybridized carbons (Fsp3) is 0.267. The molecule has 1 aromatic carbocycles. The number of nitrogens with zero attached hydrogens (tertiary/aromatic N) is 3. The molecule has 0 aliphatic carbocycles. The zero-order valence-corrected chi connectivity index (χ0v) is 13.9. The van der Waals surface area contributed by atoms with E-state index in [1.165, 1.54) is 17.3 Å². The first-order chi connectivity index (χ1) is 10.3. The van der Waals surface area contributed by atoms with E-state index in [9.17, 15) is 4.79 Å². The van der Waals surface area contributed by atoms with Crippen molar-refractivity contribution in [2.24, 2.45) is 0 Å². The number of carbonyl (C=O) groups excluding carboxylic acids is 1. The minimum atomic E-state index is -0.648. The van der Waals surface area contributed by atoms with Gasteiger partial charge in [0, 0.05) is 11.1 Å². The van der Waals surface area contributed by atoms with E-state index in [0.717, 1.165) is 0 Å². The van der Waals surface area contributed by atoms with Crippen molar-refractivity contribution in [3.63, 3.8) is 0 Å². The predicted octanol–water partition coefficient (Wildman–Crippen LogP) is 4.86. The maximum Gasteiger partial charge on any atom is 0.420 e. The molecule has 0 aliphatic rings. The number of ether oxygens (including phenoxy) is 1. The Hall–Kier alpha value is -1.85. The van der Waals surface area contributed by atoms with Crippen LogP contribution in [0.1, 0.15) is 20.8 Å². The third kappa shape index (κ3) is 4.32. The quantitative estimate of drug-likeness (QED) is 0.733. The smallest absolute Gasteiger partial charge is 0.420 e. The molecular formula is C15H15Cl2N3O2. The van der Waals surface area contributed by atoms with Crippen LogP contribution >= 0.6 is 23.2 Å². The molecule has 0 atom stereocenters. The Bertz CT molecular complexity index is 641. The van der Waals surface area contributed by atoms with Crippen molar-refractivity contribution < 1.29 is 9.53 Å². The summed E-state index contributed by atoms with van der Waals surface area (Å²) in [5, 5.41) is 0.715. The highest BCUT2D eigenvalue weighted by Crippen LogP contribution is 2.29. The summed E-state index contributed by atoms with van der Waals surface area (Å²) in [6.07, 6.45) is 0.698. The number of hydrogen-bond acceptors (Lipinski definition) is 4. The molecule has 2 aromatic rings. The fourth-order valence-corrected chi connectivity index (χ4v) is 2.03. The molecule has 0 N–H and O–H groups in total. The summed E-state index contributed by atoms with van der Waals surface area (Å²) in [7, 11) is 0. The Labute approximate surface area is 138 Å². The van der Waals surface area contributed by atoms with Crippen molar-refractivity contribution in [2.45, 2.75) is 26.4 Å². The van der Waals surface area contributed by atoms with Gasteiger partial charge < -0.3 is 4.74 Å². The lowest BCUT2D eigenvalue weighted by Crippen LogP contribution is -2.34. The van der Waals surface area contributed by atoms with E-state index in [4.69, 9.17) is 27.9 Å². The third-order valence-corrected chi connectivity index (χ3v) is 2.93. The van der Waals surface area contributed by atoms with Gasteiger partial charge in [-0.2, -0.15) is 0 Å². The van der Waals surface area contributed by atoms with E-state index < -0.39 is 11.7 Å². The number of amides is 1.